The maximum atomic E-state index is 12.2. The first kappa shape index (κ1) is 18.7. The Hall–Kier alpha value is -1.63. The quantitative estimate of drug-likeness (QED) is 0.813. The fourth-order valence-corrected chi connectivity index (χ4v) is 2.78. The van der Waals surface area contributed by atoms with E-state index < -0.39 is 6.10 Å². The van der Waals surface area contributed by atoms with Gasteiger partial charge in [-0.15, -0.1) is 0 Å². The molecule has 6 heteroatoms. The minimum absolute atomic E-state index is 0.255. The van der Waals surface area contributed by atoms with Crippen LogP contribution in [0.15, 0.2) is 30.3 Å². The molecule has 2 rings (SSSR count). The van der Waals surface area contributed by atoms with E-state index in [-0.39, 0.29) is 12.7 Å². The predicted molar refractivity (Wildman–Crippen MR) is 93.8 cm³/mol. The molecule has 0 spiro atoms. The Kier molecular flexibility index (Phi) is 7.49. The number of carbonyl (C=O) groups excluding carboxylic acids is 1. The topological polar surface area (TPSA) is 56.2 Å². The van der Waals surface area contributed by atoms with Crippen molar-refractivity contribution >= 4 is 6.09 Å². The number of hydrogen-bond donors (Lipinski definition) is 1. The standard InChI is InChI=1S/C18H29N3O3/c1-3-21(18(23)24-15-16-7-5-4-6-8-16)14-17(22)13-20-11-9-19(2)10-12-20/h4-8,17,22H,3,9-15H2,1-2H3. The summed E-state index contributed by atoms with van der Waals surface area (Å²) in [6.07, 6.45) is -0.934. The smallest absolute Gasteiger partial charge is 0.410 e. The number of ether oxygens (including phenoxy) is 1. The van der Waals surface area contributed by atoms with E-state index in [9.17, 15) is 9.90 Å². The highest BCUT2D eigenvalue weighted by molar-refractivity contribution is 5.67. The van der Waals surface area contributed by atoms with Crippen molar-refractivity contribution in [3.63, 3.8) is 0 Å². The summed E-state index contributed by atoms with van der Waals surface area (Å²) in [6.45, 7) is 7.51. The molecule has 0 aromatic heterocycles. The van der Waals surface area contributed by atoms with Crippen molar-refractivity contribution in [2.24, 2.45) is 0 Å². The average Bonchev–Trinajstić information content (AvgIpc) is 2.60. The Morgan fingerprint density at radius 2 is 1.92 bits per heavy atom. The fraction of sp³-hybridized carbons (Fsp3) is 0.611. The molecule has 1 saturated heterocycles. The molecule has 134 valence electrons. The van der Waals surface area contributed by atoms with Crippen LogP contribution in [0.5, 0.6) is 0 Å². The number of benzene rings is 1. The molecule has 0 saturated carbocycles. The van der Waals surface area contributed by atoms with Crippen molar-refractivity contribution in [3.05, 3.63) is 35.9 Å². The number of β-amino-alcohol motifs (C(OH)–C–C–N with tert-alkyl or cyclic N) is 1. The molecule has 0 bridgehead atoms. The average molecular weight is 335 g/mol. The van der Waals surface area contributed by atoms with Crippen LogP contribution in [0.1, 0.15) is 12.5 Å². The van der Waals surface area contributed by atoms with Gasteiger partial charge in [-0.1, -0.05) is 30.3 Å². The van der Waals surface area contributed by atoms with E-state index in [1.807, 2.05) is 37.3 Å². The molecular weight excluding hydrogens is 306 g/mol. The number of nitrogens with zero attached hydrogens (tertiary/aromatic N) is 3. The second-order valence-corrected chi connectivity index (χ2v) is 6.34. The van der Waals surface area contributed by atoms with Gasteiger partial charge in [-0.05, 0) is 19.5 Å². The summed E-state index contributed by atoms with van der Waals surface area (Å²) < 4.78 is 5.34. The van der Waals surface area contributed by atoms with Gasteiger partial charge < -0.3 is 19.6 Å². The lowest BCUT2D eigenvalue weighted by molar-refractivity contribution is 0.0448. The molecule has 0 radical (unpaired) electrons. The third-order valence-electron chi connectivity index (χ3n) is 4.34. The third kappa shape index (κ3) is 6.11. The first-order chi connectivity index (χ1) is 11.6. The molecule has 1 aromatic carbocycles. The summed E-state index contributed by atoms with van der Waals surface area (Å²) in [4.78, 5) is 18.3. The van der Waals surface area contributed by atoms with E-state index in [0.717, 1.165) is 31.7 Å². The number of carbonyl (C=O) groups is 1. The van der Waals surface area contributed by atoms with Crippen molar-refractivity contribution in [2.45, 2.75) is 19.6 Å². The molecule has 6 nitrogen and oxygen atoms in total. The van der Waals surface area contributed by atoms with Gasteiger partial charge in [0.05, 0.1) is 12.6 Å². The van der Waals surface area contributed by atoms with Gasteiger partial charge in [0.25, 0.3) is 0 Å². The minimum atomic E-state index is -0.558. The zero-order valence-corrected chi connectivity index (χ0v) is 14.7. The lowest BCUT2D eigenvalue weighted by atomic mass is 10.2. The molecule has 1 heterocycles. The first-order valence-electron chi connectivity index (χ1n) is 8.63. The summed E-state index contributed by atoms with van der Waals surface area (Å²) in [7, 11) is 2.11. The van der Waals surface area contributed by atoms with Gasteiger partial charge in [0.15, 0.2) is 0 Å². The SMILES string of the molecule is CCN(CC(O)CN1CCN(C)CC1)C(=O)OCc1ccccc1. The monoisotopic (exact) mass is 335 g/mol. The second-order valence-electron chi connectivity index (χ2n) is 6.34. The van der Waals surface area contributed by atoms with Crippen molar-refractivity contribution in [2.75, 3.05) is 52.9 Å². The number of aliphatic hydroxyl groups is 1. The highest BCUT2D eigenvalue weighted by atomic mass is 16.6. The zero-order valence-electron chi connectivity index (χ0n) is 14.7. The fourth-order valence-electron chi connectivity index (χ4n) is 2.78. The van der Waals surface area contributed by atoms with E-state index in [1.165, 1.54) is 0 Å². The lowest BCUT2D eigenvalue weighted by Crippen LogP contribution is -2.49. The van der Waals surface area contributed by atoms with Crippen molar-refractivity contribution < 1.29 is 14.6 Å². The second kappa shape index (κ2) is 9.61. The van der Waals surface area contributed by atoms with E-state index in [0.29, 0.717) is 19.6 Å². The van der Waals surface area contributed by atoms with Crippen LogP contribution in [0.3, 0.4) is 0 Å². The van der Waals surface area contributed by atoms with Crippen molar-refractivity contribution in [1.82, 2.24) is 14.7 Å². The first-order valence-corrected chi connectivity index (χ1v) is 8.63. The summed E-state index contributed by atoms with van der Waals surface area (Å²) >= 11 is 0. The maximum Gasteiger partial charge on any atom is 0.410 e. The lowest BCUT2D eigenvalue weighted by Gasteiger charge is -2.34. The largest absolute Gasteiger partial charge is 0.445 e. The molecular formula is C18H29N3O3. The maximum absolute atomic E-state index is 12.2. The van der Waals surface area contributed by atoms with Crippen LogP contribution in [0.25, 0.3) is 0 Å². The molecule has 1 atom stereocenters. The normalized spacial score (nSPS) is 17.5. The molecule has 0 aliphatic carbocycles. The molecule has 1 fully saturated rings. The van der Waals surface area contributed by atoms with E-state index >= 15 is 0 Å². The highest BCUT2D eigenvalue weighted by Gasteiger charge is 2.21. The van der Waals surface area contributed by atoms with E-state index in [1.54, 1.807) is 4.90 Å². The molecule has 1 unspecified atom stereocenters. The van der Waals surface area contributed by atoms with Gasteiger partial charge in [0.2, 0.25) is 0 Å². The third-order valence-corrected chi connectivity index (χ3v) is 4.34. The van der Waals surface area contributed by atoms with Crippen molar-refractivity contribution in [1.29, 1.82) is 0 Å². The number of rotatable bonds is 7. The summed E-state index contributed by atoms with van der Waals surface area (Å²) in [5.41, 5.74) is 0.958. The molecule has 1 N–H and O–H groups in total. The van der Waals surface area contributed by atoms with Crippen LogP contribution in [0, 0.1) is 0 Å². The zero-order chi connectivity index (χ0) is 17.4. The van der Waals surface area contributed by atoms with Gasteiger partial charge in [-0.2, -0.15) is 0 Å². The van der Waals surface area contributed by atoms with E-state index in [2.05, 4.69) is 16.8 Å². The Morgan fingerprint density at radius 1 is 1.25 bits per heavy atom. The van der Waals surface area contributed by atoms with Gasteiger partial charge in [-0.25, -0.2) is 4.79 Å². The molecule has 1 aliphatic heterocycles. The number of likely N-dealkylation sites (N-methyl/N-ethyl adjacent to an activating group) is 2. The van der Waals surface area contributed by atoms with Crippen LogP contribution in [-0.2, 0) is 11.3 Å². The number of aliphatic hydroxyl groups excluding tert-OH is 1. The minimum Gasteiger partial charge on any atom is -0.445 e. The van der Waals surface area contributed by atoms with Crippen LogP contribution in [-0.4, -0.2) is 84.9 Å². The molecule has 1 aromatic rings. The predicted octanol–water partition coefficient (Wildman–Crippen LogP) is 1.25. The highest BCUT2D eigenvalue weighted by Crippen LogP contribution is 2.06. The summed E-state index contributed by atoms with van der Waals surface area (Å²) in [6, 6.07) is 9.61. The Balaban J connectivity index is 1.74. The van der Waals surface area contributed by atoms with Crippen LogP contribution >= 0.6 is 0 Å². The Labute approximate surface area is 144 Å². The van der Waals surface area contributed by atoms with Crippen LogP contribution in [0.2, 0.25) is 0 Å². The van der Waals surface area contributed by atoms with Gasteiger partial charge in [0, 0.05) is 39.3 Å². The van der Waals surface area contributed by atoms with Gasteiger partial charge >= 0.3 is 6.09 Å². The van der Waals surface area contributed by atoms with Crippen LogP contribution < -0.4 is 0 Å². The molecule has 24 heavy (non-hydrogen) atoms. The number of amides is 1. The summed E-state index contributed by atoms with van der Waals surface area (Å²) in [5.74, 6) is 0. The number of piperazine rings is 1. The molecule has 1 amide bonds. The Bertz CT molecular complexity index is 490. The van der Waals surface area contributed by atoms with Gasteiger partial charge in [0.1, 0.15) is 6.61 Å². The van der Waals surface area contributed by atoms with E-state index in [4.69, 9.17) is 4.74 Å². The Morgan fingerprint density at radius 3 is 2.54 bits per heavy atom. The number of hydrogen-bond acceptors (Lipinski definition) is 5. The van der Waals surface area contributed by atoms with Crippen LogP contribution in [0.4, 0.5) is 4.79 Å². The molecule has 1 aliphatic rings. The van der Waals surface area contributed by atoms with Gasteiger partial charge in [-0.3, -0.25) is 4.90 Å². The summed E-state index contributed by atoms with van der Waals surface area (Å²) in [5, 5.41) is 10.3. The van der Waals surface area contributed by atoms with Crippen molar-refractivity contribution in [3.8, 4) is 0 Å².